The molecule has 3 heterocycles. The number of anilines is 2. The van der Waals surface area contributed by atoms with Crippen LogP contribution < -0.4 is 20.3 Å². The van der Waals surface area contributed by atoms with Crippen molar-refractivity contribution in [1.29, 1.82) is 0 Å². The molecule has 0 amide bonds. The molecule has 2 aromatic carbocycles. The first-order valence-electron chi connectivity index (χ1n) is 14.8. The van der Waals surface area contributed by atoms with Gasteiger partial charge in [0, 0.05) is 54.0 Å². The van der Waals surface area contributed by atoms with Crippen molar-refractivity contribution in [2.75, 3.05) is 40.2 Å². The summed E-state index contributed by atoms with van der Waals surface area (Å²) in [6.45, 7) is 2.65. The maximum Gasteiger partial charge on any atom is 0.259 e. The molecule has 3 aromatic heterocycles. The van der Waals surface area contributed by atoms with E-state index >= 15 is 0 Å². The van der Waals surface area contributed by atoms with Gasteiger partial charge < -0.3 is 24.3 Å². The van der Waals surface area contributed by atoms with Crippen molar-refractivity contribution in [2.45, 2.75) is 19.4 Å². The number of carbonyl (C=O) groups excluding carboxylic acids is 1. The van der Waals surface area contributed by atoms with Crippen molar-refractivity contribution >= 4 is 39.9 Å². The summed E-state index contributed by atoms with van der Waals surface area (Å²) < 4.78 is 12.7. The van der Waals surface area contributed by atoms with Crippen LogP contribution in [0.15, 0.2) is 96.1 Å². The average molecular weight is 638 g/mol. The number of carbonyl (C=O) groups is 1. The van der Waals surface area contributed by atoms with Crippen LogP contribution in [-0.4, -0.2) is 60.1 Å². The lowest BCUT2D eigenvalue weighted by Crippen LogP contribution is -2.26. The fourth-order valence-electron chi connectivity index (χ4n) is 5.25. The number of rotatable bonds is 12. The zero-order valence-corrected chi connectivity index (χ0v) is 27.2. The van der Waals surface area contributed by atoms with E-state index in [0.29, 0.717) is 51.3 Å². The molecule has 46 heavy (non-hydrogen) atoms. The van der Waals surface area contributed by atoms with Crippen molar-refractivity contribution in [2.24, 2.45) is 0 Å². The molecule has 0 radical (unpaired) electrons. The molecule has 0 spiro atoms. The minimum atomic E-state index is -0.425. The molecule has 5 rings (SSSR count). The van der Waals surface area contributed by atoms with E-state index in [2.05, 4.69) is 15.3 Å². The Morgan fingerprint density at radius 3 is 2.54 bits per heavy atom. The molecule has 0 bridgehead atoms. The van der Waals surface area contributed by atoms with Gasteiger partial charge in [-0.3, -0.25) is 9.59 Å². The van der Waals surface area contributed by atoms with E-state index in [1.165, 1.54) is 7.11 Å². The van der Waals surface area contributed by atoms with Gasteiger partial charge in [-0.15, -0.1) is 0 Å². The predicted octanol–water partition coefficient (Wildman–Crippen LogP) is 6.71. The number of nitrogens with zero attached hydrogens (tertiary/aromatic N) is 4. The molecule has 0 aliphatic carbocycles. The second kappa shape index (κ2) is 14.4. The van der Waals surface area contributed by atoms with E-state index < -0.39 is 6.04 Å². The van der Waals surface area contributed by atoms with Crippen LogP contribution in [0.3, 0.4) is 0 Å². The van der Waals surface area contributed by atoms with Gasteiger partial charge in [0.15, 0.2) is 5.78 Å². The number of ether oxygens (including phenoxy) is 2. The Hall–Kier alpha value is -4.99. The zero-order chi connectivity index (χ0) is 32.8. The quantitative estimate of drug-likeness (QED) is 0.151. The lowest BCUT2D eigenvalue weighted by Gasteiger charge is -2.22. The zero-order valence-electron chi connectivity index (χ0n) is 26.5. The number of aromatic nitrogens is 3. The summed E-state index contributed by atoms with van der Waals surface area (Å²) >= 11 is 6.78. The number of allylic oxidation sites excluding steroid dienone is 1. The SMILES string of the molecule is COc1cc(OC)c(Cl)c(-c2cc3cnc(Nc4ccccn4)cc3n(C(C)c3cccc(CC(=O)/C=C/CN(C)C)c3)c2=O)c1. The molecule has 0 aliphatic rings. The van der Waals surface area contributed by atoms with Gasteiger partial charge in [-0.1, -0.05) is 48.0 Å². The third-order valence-corrected chi connectivity index (χ3v) is 7.96. The predicted molar refractivity (Wildman–Crippen MR) is 184 cm³/mol. The standard InChI is InChI=1S/C36H36ClN5O4/c1-23(25-11-8-10-24(16-25)17-27(43)12-9-15-41(2)3)42-31-21-34(40-33-13-6-7-14-38-33)39-22-26(31)18-30(36(42)44)29-19-28(45-4)20-32(46-5)35(29)37/h6-14,16,18-23H,15,17H2,1-5H3,(H,38,39,40)/b12-9+. The highest BCUT2D eigenvalue weighted by Crippen LogP contribution is 2.39. The third-order valence-electron chi connectivity index (χ3n) is 7.57. The molecule has 1 N–H and O–H groups in total. The van der Waals surface area contributed by atoms with Gasteiger partial charge in [0.25, 0.3) is 5.56 Å². The van der Waals surface area contributed by atoms with E-state index in [4.69, 9.17) is 21.1 Å². The first kappa shape index (κ1) is 32.4. The smallest absolute Gasteiger partial charge is 0.259 e. The minimum absolute atomic E-state index is 0.00851. The van der Waals surface area contributed by atoms with Gasteiger partial charge >= 0.3 is 0 Å². The number of hydrogen-bond donors (Lipinski definition) is 1. The van der Waals surface area contributed by atoms with E-state index in [0.717, 1.165) is 16.5 Å². The molecular weight excluding hydrogens is 602 g/mol. The fourth-order valence-corrected chi connectivity index (χ4v) is 5.54. The maximum atomic E-state index is 14.6. The molecule has 5 aromatic rings. The molecule has 0 fully saturated rings. The van der Waals surface area contributed by atoms with Gasteiger partial charge in [-0.2, -0.15) is 0 Å². The first-order valence-corrected chi connectivity index (χ1v) is 15.1. The fraction of sp³-hybridized carbons (Fsp3) is 0.222. The number of nitrogens with one attached hydrogen (secondary N) is 1. The Morgan fingerprint density at radius 1 is 1.00 bits per heavy atom. The van der Waals surface area contributed by atoms with Crippen molar-refractivity contribution in [3.63, 3.8) is 0 Å². The molecule has 1 unspecified atom stereocenters. The number of ketones is 1. The van der Waals surface area contributed by atoms with E-state index in [-0.39, 0.29) is 17.8 Å². The van der Waals surface area contributed by atoms with E-state index in [1.807, 2.05) is 80.5 Å². The number of hydrogen-bond acceptors (Lipinski definition) is 8. The van der Waals surface area contributed by atoms with Gasteiger partial charge in [-0.05, 0) is 62.5 Å². The first-order chi connectivity index (χ1) is 22.2. The molecular formula is C36H36ClN5O4. The van der Waals surface area contributed by atoms with Crippen molar-refractivity contribution < 1.29 is 14.3 Å². The summed E-state index contributed by atoms with van der Waals surface area (Å²) in [6.07, 6.45) is 7.13. The summed E-state index contributed by atoms with van der Waals surface area (Å²) in [5.74, 6) is 2.05. The highest BCUT2D eigenvalue weighted by atomic mass is 35.5. The average Bonchev–Trinajstić information content (AvgIpc) is 3.05. The molecule has 0 saturated heterocycles. The summed E-state index contributed by atoms with van der Waals surface area (Å²) in [5.41, 5.74) is 2.97. The molecule has 0 saturated carbocycles. The Bertz CT molecular complexity index is 1960. The number of methoxy groups -OCH3 is 2. The van der Waals surface area contributed by atoms with Crippen molar-refractivity contribution in [3.05, 3.63) is 118 Å². The van der Waals surface area contributed by atoms with Crippen LogP contribution in [0, 0.1) is 0 Å². The Balaban J connectivity index is 1.65. The summed E-state index contributed by atoms with van der Waals surface area (Å²) in [4.78, 5) is 38.2. The van der Waals surface area contributed by atoms with Gasteiger partial charge in [0.2, 0.25) is 0 Å². The van der Waals surface area contributed by atoms with E-state index in [9.17, 15) is 9.59 Å². The number of halogens is 1. The van der Waals surface area contributed by atoms with Gasteiger partial charge in [0.05, 0.1) is 30.8 Å². The Morgan fingerprint density at radius 2 is 1.83 bits per heavy atom. The second-order valence-corrected chi connectivity index (χ2v) is 11.5. The Labute approximate surface area is 273 Å². The van der Waals surface area contributed by atoms with E-state index in [1.54, 1.807) is 48.3 Å². The minimum Gasteiger partial charge on any atom is -0.497 e. The molecule has 9 nitrogen and oxygen atoms in total. The van der Waals surface area contributed by atoms with Crippen LogP contribution in [0.4, 0.5) is 11.6 Å². The lowest BCUT2D eigenvalue weighted by molar-refractivity contribution is -0.114. The third kappa shape index (κ3) is 7.28. The molecule has 0 aliphatic heterocycles. The number of fused-ring (bicyclic) bond motifs is 1. The maximum absolute atomic E-state index is 14.6. The van der Waals surface area contributed by atoms with Crippen LogP contribution in [0.5, 0.6) is 11.5 Å². The van der Waals surface area contributed by atoms with Gasteiger partial charge in [-0.25, -0.2) is 9.97 Å². The molecule has 1 atom stereocenters. The largest absolute Gasteiger partial charge is 0.497 e. The second-order valence-electron chi connectivity index (χ2n) is 11.1. The van der Waals surface area contributed by atoms with Gasteiger partial charge in [0.1, 0.15) is 23.1 Å². The van der Waals surface area contributed by atoms with Crippen LogP contribution in [0.1, 0.15) is 24.1 Å². The summed E-state index contributed by atoms with van der Waals surface area (Å²) in [5, 5.41) is 4.24. The normalized spacial score (nSPS) is 12.1. The Kier molecular flexibility index (Phi) is 10.1. The van der Waals surface area contributed by atoms with Crippen LogP contribution in [0.2, 0.25) is 5.02 Å². The monoisotopic (exact) mass is 637 g/mol. The molecule has 10 heteroatoms. The number of likely N-dealkylation sites (N-methyl/N-ethyl adjacent to an activating group) is 1. The van der Waals surface area contributed by atoms with Crippen molar-refractivity contribution in [1.82, 2.24) is 19.4 Å². The van der Waals surface area contributed by atoms with Crippen molar-refractivity contribution in [3.8, 4) is 22.6 Å². The molecule has 236 valence electrons. The highest BCUT2D eigenvalue weighted by molar-refractivity contribution is 6.35. The van der Waals surface area contributed by atoms with Crippen LogP contribution in [-0.2, 0) is 11.2 Å². The number of benzene rings is 2. The highest BCUT2D eigenvalue weighted by Gasteiger charge is 2.22. The summed E-state index contributed by atoms with van der Waals surface area (Å²) in [6, 6.07) is 19.9. The summed E-state index contributed by atoms with van der Waals surface area (Å²) in [7, 11) is 6.96. The van der Waals surface area contributed by atoms with Crippen LogP contribution in [0.25, 0.3) is 22.0 Å². The van der Waals surface area contributed by atoms with Crippen LogP contribution >= 0.6 is 11.6 Å². The number of pyridine rings is 3. The topological polar surface area (TPSA) is 98.6 Å². The lowest BCUT2D eigenvalue weighted by atomic mass is 9.99.